The average molecular weight is 293 g/mol. The van der Waals surface area contributed by atoms with Crippen molar-refractivity contribution in [3.05, 3.63) is 59.4 Å². The number of imidazole rings is 1. The van der Waals surface area contributed by atoms with Crippen LogP contribution in [0.25, 0.3) is 11.0 Å². The van der Waals surface area contributed by atoms with Crippen LogP contribution in [0.15, 0.2) is 48.5 Å². The van der Waals surface area contributed by atoms with Gasteiger partial charge in [0.25, 0.3) is 0 Å². The molecule has 1 unspecified atom stereocenters. The molecule has 0 saturated carbocycles. The van der Waals surface area contributed by atoms with Crippen LogP contribution < -0.4 is 4.74 Å². The molecule has 96 valence electrons. The van der Waals surface area contributed by atoms with Gasteiger partial charge in [-0.15, -0.1) is 0 Å². The molecule has 0 bridgehead atoms. The molecule has 1 heterocycles. The van der Waals surface area contributed by atoms with Gasteiger partial charge in [-0.2, -0.15) is 0 Å². The Balaban J connectivity index is 1.87. The van der Waals surface area contributed by atoms with Gasteiger partial charge in [-0.3, -0.25) is 0 Å². The van der Waals surface area contributed by atoms with Crippen molar-refractivity contribution in [2.24, 2.45) is 0 Å². The van der Waals surface area contributed by atoms with Gasteiger partial charge in [-0.05, 0) is 24.3 Å². The number of nitrogens with zero attached hydrogens (tertiary/aromatic N) is 1. The predicted octanol–water partition coefficient (Wildman–Crippen LogP) is 4.53. The second-order valence-corrected chi connectivity index (χ2v) is 4.81. The molecule has 3 nitrogen and oxygen atoms in total. The monoisotopic (exact) mass is 292 g/mol. The summed E-state index contributed by atoms with van der Waals surface area (Å²) < 4.78 is 5.60. The summed E-state index contributed by atoms with van der Waals surface area (Å²) in [4.78, 5) is 7.51. The molecule has 0 radical (unpaired) electrons. The van der Waals surface area contributed by atoms with Gasteiger partial charge in [0.1, 0.15) is 5.75 Å². The normalized spacial score (nSPS) is 12.5. The van der Waals surface area contributed by atoms with Crippen LogP contribution in [0, 0.1) is 0 Å². The van der Waals surface area contributed by atoms with Crippen LogP contribution in [-0.4, -0.2) is 9.97 Å². The number of ether oxygens (including phenoxy) is 1. The van der Waals surface area contributed by atoms with Gasteiger partial charge in [0.15, 0.2) is 5.82 Å². The smallest absolute Gasteiger partial charge is 0.229 e. The minimum Gasteiger partial charge on any atom is -0.465 e. The highest BCUT2D eigenvalue weighted by atomic mass is 35.5. The lowest BCUT2D eigenvalue weighted by Gasteiger charge is -2.11. The zero-order valence-corrected chi connectivity index (χ0v) is 11.3. The molecule has 0 aliphatic heterocycles. The Kier molecular flexibility index (Phi) is 3.32. The molecule has 0 aliphatic rings. The largest absolute Gasteiger partial charge is 0.465 e. The van der Waals surface area contributed by atoms with Crippen LogP contribution in [0.5, 0.6) is 5.75 Å². The first-order valence-electron chi connectivity index (χ1n) is 5.74. The molecule has 3 rings (SSSR count). The third kappa shape index (κ3) is 2.53. The standard InChI is InChI=1S/C14H10Cl2N2O/c15-9-5-1-4-8-12(9)19-13(16)14-17-10-6-2-3-7-11(10)18-14/h1-8,13H,(H,17,18). The lowest BCUT2D eigenvalue weighted by molar-refractivity contribution is 0.279. The van der Waals surface area contributed by atoms with Crippen LogP contribution in [-0.2, 0) is 0 Å². The molecule has 1 atom stereocenters. The van der Waals surface area contributed by atoms with Crippen molar-refractivity contribution in [3.8, 4) is 5.75 Å². The van der Waals surface area contributed by atoms with Crippen molar-refractivity contribution in [2.45, 2.75) is 5.56 Å². The predicted molar refractivity (Wildman–Crippen MR) is 76.8 cm³/mol. The summed E-state index contributed by atoms with van der Waals surface area (Å²) >= 11 is 12.2. The van der Waals surface area contributed by atoms with Gasteiger partial charge < -0.3 is 9.72 Å². The van der Waals surface area contributed by atoms with E-state index in [1.54, 1.807) is 12.1 Å². The summed E-state index contributed by atoms with van der Waals surface area (Å²) in [6.07, 6.45) is 0. The SMILES string of the molecule is Clc1ccccc1OC(Cl)c1nc2ccccc2[nH]1. The van der Waals surface area contributed by atoms with Gasteiger partial charge >= 0.3 is 0 Å². The van der Waals surface area contributed by atoms with Crippen LogP contribution in [0.1, 0.15) is 11.4 Å². The summed E-state index contributed by atoms with van der Waals surface area (Å²) in [5.74, 6) is 1.09. The van der Waals surface area contributed by atoms with E-state index in [0.29, 0.717) is 16.6 Å². The van der Waals surface area contributed by atoms with E-state index >= 15 is 0 Å². The topological polar surface area (TPSA) is 37.9 Å². The Bertz CT molecular complexity index is 678. The number of aromatic nitrogens is 2. The van der Waals surface area contributed by atoms with Gasteiger partial charge in [-0.1, -0.05) is 47.5 Å². The first-order chi connectivity index (χ1) is 9.24. The number of halogens is 2. The fourth-order valence-electron chi connectivity index (χ4n) is 1.79. The second-order valence-electron chi connectivity index (χ2n) is 4.00. The third-order valence-corrected chi connectivity index (χ3v) is 3.30. The van der Waals surface area contributed by atoms with Gasteiger partial charge in [-0.25, -0.2) is 4.98 Å². The minimum atomic E-state index is -0.715. The maximum Gasteiger partial charge on any atom is 0.229 e. The van der Waals surface area contributed by atoms with Gasteiger partial charge in [0.2, 0.25) is 5.56 Å². The molecule has 1 aromatic heterocycles. The lowest BCUT2D eigenvalue weighted by atomic mass is 10.3. The summed E-state index contributed by atoms with van der Waals surface area (Å²) in [5.41, 5.74) is 1.06. The second kappa shape index (κ2) is 5.11. The molecule has 0 amide bonds. The van der Waals surface area contributed by atoms with Gasteiger partial charge in [0.05, 0.1) is 16.1 Å². The Morgan fingerprint density at radius 2 is 1.79 bits per heavy atom. The summed E-state index contributed by atoms with van der Waals surface area (Å²) in [6, 6.07) is 14.9. The number of rotatable bonds is 3. The number of aromatic amines is 1. The number of benzene rings is 2. The van der Waals surface area contributed by atoms with Gasteiger partial charge in [0, 0.05) is 0 Å². The van der Waals surface area contributed by atoms with Crippen LogP contribution in [0.2, 0.25) is 5.02 Å². The Morgan fingerprint density at radius 3 is 2.58 bits per heavy atom. The number of hydrogen-bond donors (Lipinski definition) is 1. The number of hydrogen-bond acceptors (Lipinski definition) is 2. The fraction of sp³-hybridized carbons (Fsp3) is 0.0714. The number of para-hydroxylation sites is 3. The number of nitrogens with one attached hydrogen (secondary N) is 1. The van der Waals surface area contributed by atoms with Crippen molar-refractivity contribution in [2.75, 3.05) is 0 Å². The van der Waals surface area contributed by atoms with E-state index in [1.165, 1.54) is 0 Å². The number of fused-ring (bicyclic) bond motifs is 1. The van der Waals surface area contributed by atoms with Crippen molar-refractivity contribution >= 4 is 34.2 Å². The van der Waals surface area contributed by atoms with Crippen molar-refractivity contribution in [1.82, 2.24) is 9.97 Å². The lowest BCUT2D eigenvalue weighted by Crippen LogP contribution is -2.02. The molecule has 5 heteroatoms. The molecule has 2 aromatic carbocycles. The number of H-pyrrole nitrogens is 1. The molecule has 0 saturated heterocycles. The van der Waals surface area contributed by atoms with Crippen LogP contribution in [0.3, 0.4) is 0 Å². The summed E-state index contributed by atoms with van der Waals surface area (Å²) in [6.45, 7) is 0. The van der Waals surface area contributed by atoms with Crippen molar-refractivity contribution < 1.29 is 4.74 Å². The number of alkyl halides is 1. The van der Waals surface area contributed by atoms with Crippen molar-refractivity contribution in [3.63, 3.8) is 0 Å². The Hall–Kier alpha value is -1.71. The van der Waals surface area contributed by atoms with E-state index in [1.807, 2.05) is 36.4 Å². The van der Waals surface area contributed by atoms with E-state index in [2.05, 4.69) is 9.97 Å². The van der Waals surface area contributed by atoms with E-state index in [0.717, 1.165) is 11.0 Å². The zero-order chi connectivity index (χ0) is 13.2. The molecule has 0 spiro atoms. The maximum atomic E-state index is 6.21. The van der Waals surface area contributed by atoms with E-state index in [9.17, 15) is 0 Å². The highest BCUT2D eigenvalue weighted by Crippen LogP contribution is 2.30. The molecular formula is C14H10Cl2N2O. The summed E-state index contributed by atoms with van der Waals surface area (Å²) in [7, 11) is 0. The molecule has 3 aromatic rings. The third-order valence-electron chi connectivity index (χ3n) is 2.69. The van der Waals surface area contributed by atoms with Crippen LogP contribution in [0.4, 0.5) is 0 Å². The highest BCUT2D eigenvalue weighted by Gasteiger charge is 2.15. The minimum absolute atomic E-state index is 0.518. The molecule has 19 heavy (non-hydrogen) atoms. The summed E-state index contributed by atoms with van der Waals surface area (Å²) in [5, 5.41) is 0.518. The Labute approximate surface area is 120 Å². The highest BCUT2D eigenvalue weighted by molar-refractivity contribution is 6.32. The fourth-order valence-corrected chi connectivity index (χ4v) is 2.17. The quantitative estimate of drug-likeness (QED) is 0.720. The van der Waals surface area contributed by atoms with Crippen LogP contribution >= 0.6 is 23.2 Å². The zero-order valence-electron chi connectivity index (χ0n) is 9.81. The molecule has 0 aliphatic carbocycles. The van der Waals surface area contributed by atoms with E-state index in [-0.39, 0.29) is 0 Å². The Morgan fingerprint density at radius 1 is 1.05 bits per heavy atom. The molecule has 0 fully saturated rings. The van der Waals surface area contributed by atoms with Crippen molar-refractivity contribution in [1.29, 1.82) is 0 Å². The average Bonchev–Trinajstić information content (AvgIpc) is 2.85. The van der Waals surface area contributed by atoms with E-state index < -0.39 is 5.56 Å². The first-order valence-corrected chi connectivity index (χ1v) is 6.55. The molecule has 1 N–H and O–H groups in total. The van der Waals surface area contributed by atoms with E-state index in [4.69, 9.17) is 27.9 Å². The molecular weight excluding hydrogens is 283 g/mol. The first kappa shape index (κ1) is 12.3. The maximum absolute atomic E-state index is 6.21.